The largest absolute Gasteiger partial charge is 0.326 e. The normalized spacial score (nSPS) is 19.5. The van der Waals surface area contributed by atoms with E-state index < -0.39 is 36.6 Å². The second kappa shape index (κ2) is 5.99. The molecule has 0 aromatic heterocycles. The maximum Gasteiger partial charge on any atom is 0.243 e. The van der Waals surface area contributed by atoms with Gasteiger partial charge in [0.25, 0.3) is 0 Å². The summed E-state index contributed by atoms with van der Waals surface area (Å²) in [5.74, 6) is -0.988. The van der Waals surface area contributed by atoms with Crippen molar-refractivity contribution in [3.8, 4) is 0 Å². The third kappa shape index (κ3) is 4.00. The van der Waals surface area contributed by atoms with Crippen molar-refractivity contribution < 1.29 is 21.2 Å². The molecule has 0 amide bonds. The zero-order valence-electron chi connectivity index (χ0n) is 11.2. The van der Waals surface area contributed by atoms with Crippen LogP contribution in [0.15, 0.2) is 23.1 Å². The zero-order valence-corrected chi connectivity index (χ0v) is 12.9. The predicted octanol–water partition coefficient (Wildman–Crippen LogP) is 0.140. The SMILES string of the molecule is NCc1ccc(S(=O)(=O)NC2CCS(=O)(=O)CC2)c(F)c1. The van der Waals surface area contributed by atoms with E-state index in [0.29, 0.717) is 5.56 Å². The van der Waals surface area contributed by atoms with Crippen molar-refractivity contribution in [1.82, 2.24) is 4.72 Å². The Labute approximate surface area is 123 Å². The summed E-state index contributed by atoms with van der Waals surface area (Å²) in [6, 6.07) is 3.20. The van der Waals surface area contributed by atoms with Gasteiger partial charge in [-0.3, -0.25) is 0 Å². The maximum absolute atomic E-state index is 13.8. The van der Waals surface area contributed by atoms with Gasteiger partial charge in [-0.1, -0.05) is 6.07 Å². The van der Waals surface area contributed by atoms with Gasteiger partial charge in [0.15, 0.2) is 0 Å². The summed E-state index contributed by atoms with van der Waals surface area (Å²) < 4.78 is 63.1. The van der Waals surface area contributed by atoms with Crippen LogP contribution in [0.5, 0.6) is 0 Å². The standard InChI is InChI=1S/C12H17FN2O4S2/c13-11-7-9(8-14)1-2-12(11)21(18,19)15-10-3-5-20(16,17)6-4-10/h1-2,7,10,15H,3-6,8,14H2. The third-order valence-electron chi connectivity index (χ3n) is 3.40. The van der Waals surface area contributed by atoms with Crippen LogP contribution in [0.1, 0.15) is 18.4 Å². The molecule has 0 unspecified atom stereocenters. The van der Waals surface area contributed by atoms with E-state index >= 15 is 0 Å². The molecule has 1 fully saturated rings. The van der Waals surface area contributed by atoms with E-state index in [-0.39, 0.29) is 30.9 Å². The van der Waals surface area contributed by atoms with Crippen LogP contribution in [0.4, 0.5) is 4.39 Å². The minimum Gasteiger partial charge on any atom is -0.326 e. The van der Waals surface area contributed by atoms with E-state index in [4.69, 9.17) is 5.73 Å². The average molecular weight is 336 g/mol. The quantitative estimate of drug-likeness (QED) is 0.813. The Hall–Kier alpha value is -1.03. The van der Waals surface area contributed by atoms with Crippen molar-refractivity contribution in [1.29, 1.82) is 0 Å². The molecule has 0 radical (unpaired) electrons. The van der Waals surface area contributed by atoms with Gasteiger partial charge in [-0.25, -0.2) is 25.9 Å². The van der Waals surface area contributed by atoms with Crippen LogP contribution in [-0.2, 0) is 26.4 Å². The van der Waals surface area contributed by atoms with Crippen molar-refractivity contribution in [2.24, 2.45) is 5.73 Å². The molecular formula is C12H17FN2O4S2. The molecule has 6 nitrogen and oxygen atoms in total. The van der Waals surface area contributed by atoms with Gasteiger partial charge in [0.2, 0.25) is 10.0 Å². The van der Waals surface area contributed by atoms with Crippen LogP contribution >= 0.6 is 0 Å². The zero-order chi connectivity index (χ0) is 15.7. The number of nitrogens with one attached hydrogen (secondary N) is 1. The number of halogens is 1. The molecule has 118 valence electrons. The number of rotatable bonds is 4. The van der Waals surface area contributed by atoms with Crippen molar-refractivity contribution in [2.75, 3.05) is 11.5 Å². The molecule has 1 aromatic rings. The first-order valence-electron chi connectivity index (χ1n) is 6.45. The number of hydrogen-bond donors (Lipinski definition) is 2. The maximum atomic E-state index is 13.8. The highest BCUT2D eigenvalue weighted by Gasteiger charge is 2.28. The van der Waals surface area contributed by atoms with Crippen LogP contribution in [0.2, 0.25) is 0 Å². The summed E-state index contributed by atoms with van der Waals surface area (Å²) >= 11 is 0. The van der Waals surface area contributed by atoms with Crippen LogP contribution in [0.25, 0.3) is 0 Å². The summed E-state index contributed by atoms with van der Waals surface area (Å²) in [5.41, 5.74) is 5.86. The van der Waals surface area contributed by atoms with Gasteiger partial charge in [0.05, 0.1) is 11.5 Å². The molecule has 0 bridgehead atoms. The second-order valence-electron chi connectivity index (χ2n) is 5.02. The molecule has 3 N–H and O–H groups in total. The molecule has 1 heterocycles. The fourth-order valence-corrected chi connectivity index (χ4v) is 5.04. The number of sulfone groups is 1. The van der Waals surface area contributed by atoms with Gasteiger partial charge in [0.1, 0.15) is 20.5 Å². The van der Waals surface area contributed by atoms with Crippen molar-refractivity contribution in [2.45, 2.75) is 30.3 Å². The lowest BCUT2D eigenvalue weighted by Gasteiger charge is -2.23. The molecule has 0 spiro atoms. The molecule has 0 atom stereocenters. The highest BCUT2D eigenvalue weighted by Crippen LogP contribution is 2.19. The molecule has 1 saturated heterocycles. The topological polar surface area (TPSA) is 106 Å². The lowest BCUT2D eigenvalue weighted by atomic mass is 10.2. The highest BCUT2D eigenvalue weighted by molar-refractivity contribution is 7.91. The number of nitrogens with two attached hydrogens (primary N) is 1. The molecule has 2 rings (SSSR count). The summed E-state index contributed by atoms with van der Waals surface area (Å²) in [6.07, 6.45) is 0.397. The molecule has 9 heteroatoms. The Morgan fingerprint density at radius 1 is 1.29 bits per heavy atom. The third-order valence-corrected chi connectivity index (χ3v) is 6.67. The van der Waals surface area contributed by atoms with E-state index in [1.165, 1.54) is 12.1 Å². The van der Waals surface area contributed by atoms with Gasteiger partial charge in [-0.05, 0) is 30.5 Å². The fraction of sp³-hybridized carbons (Fsp3) is 0.500. The summed E-state index contributed by atoms with van der Waals surface area (Å²) in [4.78, 5) is -0.451. The fourth-order valence-electron chi connectivity index (χ4n) is 2.18. The van der Waals surface area contributed by atoms with Gasteiger partial charge in [-0.2, -0.15) is 0 Å². The average Bonchev–Trinajstić information content (AvgIpc) is 2.40. The van der Waals surface area contributed by atoms with E-state index in [2.05, 4.69) is 4.72 Å². The first kappa shape index (κ1) is 16.3. The lowest BCUT2D eigenvalue weighted by molar-refractivity contribution is 0.500. The summed E-state index contributed by atoms with van der Waals surface area (Å²) in [5, 5.41) is 0. The van der Waals surface area contributed by atoms with E-state index in [1.807, 2.05) is 0 Å². The Balaban J connectivity index is 2.16. The van der Waals surface area contributed by atoms with Gasteiger partial charge in [-0.15, -0.1) is 0 Å². The minimum atomic E-state index is -4.01. The monoisotopic (exact) mass is 336 g/mol. The van der Waals surface area contributed by atoms with E-state index in [9.17, 15) is 21.2 Å². The van der Waals surface area contributed by atoms with E-state index in [0.717, 1.165) is 6.07 Å². The van der Waals surface area contributed by atoms with Crippen LogP contribution in [0, 0.1) is 5.82 Å². The highest BCUT2D eigenvalue weighted by atomic mass is 32.2. The van der Waals surface area contributed by atoms with Gasteiger partial charge in [0, 0.05) is 12.6 Å². The van der Waals surface area contributed by atoms with Gasteiger partial charge >= 0.3 is 0 Å². The summed E-state index contributed by atoms with van der Waals surface area (Å²) in [7, 11) is -7.09. The summed E-state index contributed by atoms with van der Waals surface area (Å²) in [6.45, 7) is 0.116. The Morgan fingerprint density at radius 2 is 1.90 bits per heavy atom. The number of benzene rings is 1. The smallest absolute Gasteiger partial charge is 0.243 e. The van der Waals surface area contributed by atoms with E-state index in [1.54, 1.807) is 0 Å². The van der Waals surface area contributed by atoms with Crippen molar-refractivity contribution >= 4 is 19.9 Å². The predicted molar refractivity (Wildman–Crippen MR) is 76.3 cm³/mol. The number of sulfonamides is 1. The molecule has 21 heavy (non-hydrogen) atoms. The molecule has 0 aliphatic carbocycles. The molecule has 1 aliphatic rings. The van der Waals surface area contributed by atoms with Crippen LogP contribution in [0.3, 0.4) is 0 Å². The molecule has 0 saturated carbocycles. The minimum absolute atomic E-state index is 0.0607. The van der Waals surface area contributed by atoms with Gasteiger partial charge < -0.3 is 5.73 Å². The first-order chi connectivity index (χ1) is 9.73. The Kier molecular flexibility index (Phi) is 4.66. The van der Waals surface area contributed by atoms with Crippen LogP contribution < -0.4 is 10.5 Å². The van der Waals surface area contributed by atoms with Crippen LogP contribution in [-0.4, -0.2) is 34.4 Å². The lowest BCUT2D eigenvalue weighted by Crippen LogP contribution is -2.41. The Morgan fingerprint density at radius 3 is 2.43 bits per heavy atom. The molecule has 1 aromatic carbocycles. The molecule has 1 aliphatic heterocycles. The second-order valence-corrected chi connectivity index (χ2v) is 9.00. The van der Waals surface area contributed by atoms with Crippen molar-refractivity contribution in [3.63, 3.8) is 0 Å². The molecular weight excluding hydrogens is 319 g/mol. The van der Waals surface area contributed by atoms with Crippen molar-refractivity contribution in [3.05, 3.63) is 29.6 Å². The first-order valence-corrected chi connectivity index (χ1v) is 9.75. The Bertz CT molecular complexity index is 718. The number of hydrogen-bond acceptors (Lipinski definition) is 5.